The van der Waals surface area contributed by atoms with E-state index in [9.17, 15) is 0 Å². The second kappa shape index (κ2) is 9.01. The van der Waals surface area contributed by atoms with Crippen molar-refractivity contribution < 1.29 is 9.84 Å². The number of aliphatic hydroxyl groups is 1. The van der Waals surface area contributed by atoms with Gasteiger partial charge >= 0.3 is 0 Å². The van der Waals surface area contributed by atoms with Gasteiger partial charge in [0, 0.05) is 6.61 Å². The van der Waals surface area contributed by atoms with Crippen LogP contribution in [0.4, 0.5) is 0 Å². The highest BCUT2D eigenvalue weighted by Gasteiger charge is 1.94. The van der Waals surface area contributed by atoms with Gasteiger partial charge in [-0.3, -0.25) is 0 Å². The number of aliphatic hydroxyl groups excluding tert-OH is 1. The number of hydrogen-bond acceptors (Lipinski definition) is 2. The normalized spacial score (nSPS) is 13.2. The monoisotopic (exact) mass is 174 g/mol. The minimum Gasteiger partial charge on any atom is -0.391 e. The number of rotatable bonds is 8. The van der Waals surface area contributed by atoms with Crippen molar-refractivity contribution >= 4 is 0 Å². The Morgan fingerprint density at radius 1 is 1.17 bits per heavy atom. The molecule has 0 unspecified atom stereocenters. The standard InChI is InChI=1S/C10H22O2/c1-3-4-5-6-7-8-12-9-10(2)11/h10-11H,3-9H2,1-2H3/t10-/m1/s1. The number of hydrogen-bond donors (Lipinski definition) is 1. The zero-order valence-electron chi connectivity index (χ0n) is 8.38. The lowest BCUT2D eigenvalue weighted by atomic mass is 10.2. The molecule has 0 aliphatic carbocycles. The number of unbranched alkanes of at least 4 members (excludes halogenated alkanes) is 4. The molecule has 0 fully saturated rings. The summed E-state index contributed by atoms with van der Waals surface area (Å²) < 4.78 is 5.23. The fourth-order valence-electron chi connectivity index (χ4n) is 1.06. The fraction of sp³-hybridized carbons (Fsp3) is 1.00. The van der Waals surface area contributed by atoms with Crippen LogP contribution < -0.4 is 0 Å². The maximum atomic E-state index is 8.87. The molecule has 0 aromatic heterocycles. The quantitative estimate of drug-likeness (QED) is 0.572. The van der Waals surface area contributed by atoms with E-state index in [4.69, 9.17) is 9.84 Å². The average Bonchev–Trinajstić information content (AvgIpc) is 2.02. The van der Waals surface area contributed by atoms with Gasteiger partial charge in [-0.2, -0.15) is 0 Å². The van der Waals surface area contributed by atoms with Crippen molar-refractivity contribution in [3.8, 4) is 0 Å². The summed E-state index contributed by atoms with van der Waals surface area (Å²) in [4.78, 5) is 0. The molecule has 74 valence electrons. The molecule has 0 amide bonds. The summed E-state index contributed by atoms with van der Waals surface area (Å²) in [5.74, 6) is 0. The molecule has 2 heteroatoms. The molecule has 0 aliphatic rings. The molecule has 1 N–H and O–H groups in total. The van der Waals surface area contributed by atoms with Crippen molar-refractivity contribution in [3.63, 3.8) is 0 Å². The summed E-state index contributed by atoms with van der Waals surface area (Å²) in [5.41, 5.74) is 0. The van der Waals surface area contributed by atoms with Gasteiger partial charge in [0.1, 0.15) is 0 Å². The van der Waals surface area contributed by atoms with E-state index in [1.54, 1.807) is 6.92 Å². The predicted molar refractivity (Wildman–Crippen MR) is 51.3 cm³/mol. The Morgan fingerprint density at radius 3 is 2.42 bits per heavy atom. The molecular weight excluding hydrogens is 152 g/mol. The molecule has 0 aromatic rings. The van der Waals surface area contributed by atoms with Gasteiger partial charge < -0.3 is 9.84 Å². The summed E-state index contributed by atoms with van der Waals surface area (Å²) in [6.45, 7) is 5.24. The first-order valence-electron chi connectivity index (χ1n) is 5.03. The minimum absolute atomic E-state index is 0.319. The predicted octanol–water partition coefficient (Wildman–Crippen LogP) is 2.35. The van der Waals surface area contributed by atoms with E-state index in [2.05, 4.69) is 6.92 Å². The summed E-state index contributed by atoms with van der Waals surface area (Å²) in [7, 11) is 0. The maximum absolute atomic E-state index is 8.87. The maximum Gasteiger partial charge on any atom is 0.0745 e. The third-order valence-electron chi connectivity index (χ3n) is 1.75. The molecule has 0 bridgehead atoms. The van der Waals surface area contributed by atoms with Crippen LogP contribution in [0.5, 0.6) is 0 Å². The molecule has 0 saturated heterocycles. The highest BCUT2D eigenvalue weighted by Crippen LogP contribution is 2.02. The summed E-state index contributed by atoms with van der Waals surface area (Å²) in [5, 5.41) is 8.87. The second-order valence-corrected chi connectivity index (χ2v) is 3.34. The average molecular weight is 174 g/mol. The van der Waals surface area contributed by atoms with Crippen LogP contribution in [0.1, 0.15) is 46.0 Å². The van der Waals surface area contributed by atoms with Gasteiger partial charge in [-0.05, 0) is 13.3 Å². The fourth-order valence-corrected chi connectivity index (χ4v) is 1.06. The summed E-state index contributed by atoms with van der Waals surface area (Å²) >= 11 is 0. The van der Waals surface area contributed by atoms with E-state index in [-0.39, 0.29) is 6.10 Å². The molecule has 0 saturated carbocycles. The highest BCUT2D eigenvalue weighted by atomic mass is 16.5. The molecule has 2 nitrogen and oxygen atoms in total. The molecule has 0 aromatic carbocycles. The van der Waals surface area contributed by atoms with Crippen molar-refractivity contribution in [2.75, 3.05) is 13.2 Å². The van der Waals surface area contributed by atoms with Gasteiger partial charge in [0.05, 0.1) is 12.7 Å². The molecule has 12 heavy (non-hydrogen) atoms. The molecule has 0 spiro atoms. The molecular formula is C10H22O2. The van der Waals surface area contributed by atoms with Crippen LogP contribution in [0.25, 0.3) is 0 Å². The van der Waals surface area contributed by atoms with Gasteiger partial charge in [0.2, 0.25) is 0 Å². The van der Waals surface area contributed by atoms with E-state index in [0.717, 1.165) is 13.0 Å². The Bertz CT molecular complexity index is 81.9. The van der Waals surface area contributed by atoms with E-state index in [1.807, 2.05) is 0 Å². The first kappa shape index (κ1) is 11.9. The third-order valence-corrected chi connectivity index (χ3v) is 1.75. The highest BCUT2D eigenvalue weighted by molar-refractivity contribution is 4.44. The van der Waals surface area contributed by atoms with Crippen LogP contribution >= 0.6 is 0 Å². The number of ether oxygens (including phenoxy) is 1. The summed E-state index contributed by atoms with van der Waals surface area (Å²) in [6.07, 6.45) is 6.00. The summed E-state index contributed by atoms with van der Waals surface area (Å²) in [6, 6.07) is 0. The van der Waals surface area contributed by atoms with E-state index in [0.29, 0.717) is 6.61 Å². The van der Waals surface area contributed by atoms with Crippen molar-refractivity contribution in [3.05, 3.63) is 0 Å². The third kappa shape index (κ3) is 9.92. The van der Waals surface area contributed by atoms with Gasteiger partial charge in [-0.25, -0.2) is 0 Å². The van der Waals surface area contributed by atoms with E-state index >= 15 is 0 Å². The molecule has 0 rings (SSSR count). The van der Waals surface area contributed by atoms with Gasteiger partial charge in [-0.15, -0.1) is 0 Å². The molecule has 0 heterocycles. The SMILES string of the molecule is CCCCCCCOC[C@@H](C)O. The Labute approximate surface area is 75.9 Å². The molecule has 1 atom stereocenters. The van der Waals surface area contributed by atoms with Crippen LogP contribution in [0.2, 0.25) is 0 Å². The second-order valence-electron chi connectivity index (χ2n) is 3.34. The largest absolute Gasteiger partial charge is 0.391 e. The van der Waals surface area contributed by atoms with Crippen LogP contribution in [0, 0.1) is 0 Å². The van der Waals surface area contributed by atoms with E-state index in [1.165, 1.54) is 25.7 Å². The Kier molecular flexibility index (Phi) is 8.95. The molecule has 0 radical (unpaired) electrons. The first-order valence-corrected chi connectivity index (χ1v) is 5.03. The van der Waals surface area contributed by atoms with Crippen molar-refractivity contribution in [2.45, 2.75) is 52.1 Å². The molecule has 0 aliphatic heterocycles. The Hall–Kier alpha value is -0.0800. The van der Waals surface area contributed by atoms with Crippen LogP contribution in [0.15, 0.2) is 0 Å². The zero-order valence-corrected chi connectivity index (χ0v) is 8.38. The van der Waals surface area contributed by atoms with Gasteiger partial charge in [0.25, 0.3) is 0 Å². The van der Waals surface area contributed by atoms with Crippen LogP contribution in [-0.4, -0.2) is 24.4 Å². The van der Waals surface area contributed by atoms with Crippen molar-refractivity contribution in [2.24, 2.45) is 0 Å². The topological polar surface area (TPSA) is 29.5 Å². The minimum atomic E-state index is -0.319. The Morgan fingerprint density at radius 2 is 1.83 bits per heavy atom. The van der Waals surface area contributed by atoms with Crippen LogP contribution in [-0.2, 0) is 4.74 Å². The van der Waals surface area contributed by atoms with E-state index < -0.39 is 0 Å². The Balaban J connectivity index is 2.82. The lowest BCUT2D eigenvalue weighted by Gasteiger charge is -2.05. The van der Waals surface area contributed by atoms with Crippen molar-refractivity contribution in [1.82, 2.24) is 0 Å². The smallest absolute Gasteiger partial charge is 0.0745 e. The zero-order chi connectivity index (χ0) is 9.23. The first-order chi connectivity index (χ1) is 5.77. The van der Waals surface area contributed by atoms with Gasteiger partial charge in [0.15, 0.2) is 0 Å². The van der Waals surface area contributed by atoms with Crippen molar-refractivity contribution in [1.29, 1.82) is 0 Å². The lowest BCUT2D eigenvalue weighted by Crippen LogP contribution is -2.10. The van der Waals surface area contributed by atoms with Gasteiger partial charge in [-0.1, -0.05) is 32.6 Å². The lowest BCUT2D eigenvalue weighted by molar-refractivity contribution is 0.0445. The van der Waals surface area contributed by atoms with Crippen LogP contribution in [0.3, 0.4) is 0 Å².